The van der Waals surface area contributed by atoms with Crippen LogP contribution >= 0.6 is 0 Å². The van der Waals surface area contributed by atoms with Crippen molar-refractivity contribution in [1.29, 1.82) is 0 Å². The smallest absolute Gasteiger partial charge is 0.0356 e. The Hall–Kier alpha value is -0.120. The van der Waals surface area contributed by atoms with Gasteiger partial charge in [0.15, 0.2) is 0 Å². The van der Waals surface area contributed by atoms with Crippen LogP contribution in [0.3, 0.4) is 0 Å². The van der Waals surface area contributed by atoms with Gasteiger partial charge in [0.05, 0.1) is 0 Å². The summed E-state index contributed by atoms with van der Waals surface area (Å²) in [6, 6.07) is 1.51. The molecule has 1 N–H and O–H groups in total. The Morgan fingerprint density at radius 1 is 1.24 bits per heavy atom. The molecule has 2 fully saturated rings. The van der Waals surface area contributed by atoms with E-state index >= 15 is 0 Å². The van der Waals surface area contributed by atoms with Gasteiger partial charge in [0.1, 0.15) is 0 Å². The van der Waals surface area contributed by atoms with Crippen LogP contribution < -0.4 is 5.32 Å². The zero-order valence-electron chi connectivity index (χ0n) is 12.0. The molecule has 1 saturated carbocycles. The summed E-state index contributed by atoms with van der Waals surface area (Å²) in [7, 11) is 4.38. The van der Waals surface area contributed by atoms with Gasteiger partial charge in [0, 0.05) is 37.3 Å². The summed E-state index contributed by atoms with van der Waals surface area (Å²) in [6.07, 6.45) is 5.68. The second kappa shape index (κ2) is 5.25. The first-order valence-electron chi connectivity index (χ1n) is 7.14. The summed E-state index contributed by atoms with van der Waals surface area (Å²) < 4.78 is 0. The molecule has 1 heterocycles. The molecule has 17 heavy (non-hydrogen) atoms. The van der Waals surface area contributed by atoms with Crippen molar-refractivity contribution in [3.63, 3.8) is 0 Å². The molecule has 1 aliphatic carbocycles. The molecular formula is C14H29N3. The van der Waals surface area contributed by atoms with Crippen molar-refractivity contribution in [2.45, 2.75) is 57.2 Å². The van der Waals surface area contributed by atoms with Gasteiger partial charge in [-0.05, 0) is 40.8 Å². The van der Waals surface area contributed by atoms with E-state index in [1.165, 1.54) is 32.2 Å². The minimum absolute atomic E-state index is 0.313. The Morgan fingerprint density at radius 2 is 1.88 bits per heavy atom. The predicted octanol–water partition coefficient (Wildman–Crippen LogP) is 1.54. The molecule has 1 unspecified atom stereocenters. The van der Waals surface area contributed by atoms with Gasteiger partial charge in [0.25, 0.3) is 0 Å². The zero-order valence-corrected chi connectivity index (χ0v) is 12.0. The monoisotopic (exact) mass is 239 g/mol. The Labute approximate surface area is 107 Å². The Morgan fingerprint density at radius 3 is 2.47 bits per heavy atom. The van der Waals surface area contributed by atoms with E-state index in [-0.39, 0.29) is 0 Å². The highest BCUT2D eigenvalue weighted by molar-refractivity contribution is 4.99. The van der Waals surface area contributed by atoms with Crippen LogP contribution in [0.4, 0.5) is 0 Å². The second-order valence-corrected chi connectivity index (χ2v) is 6.70. The van der Waals surface area contributed by atoms with Gasteiger partial charge in [-0.3, -0.25) is 4.90 Å². The molecule has 0 aromatic carbocycles. The minimum atomic E-state index is 0.313. The van der Waals surface area contributed by atoms with Crippen LogP contribution in [-0.2, 0) is 0 Å². The number of likely N-dealkylation sites (N-methyl/N-ethyl adjacent to an activating group) is 1. The van der Waals surface area contributed by atoms with Crippen LogP contribution in [0.1, 0.15) is 39.5 Å². The lowest BCUT2D eigenvalue weighted by Crippen LogP contribution is -2.67. The third-order valence-corrected chi connectivity index (χ3v) is 4.32. The Kier molecular flexibility index (Phi) is 4.11. The third-order valence-electron chi connectivity index (χ3n) is 4.32. The highest BCUT2D eigenvalue weighted by atomic mass is 15.3. The number of hydrogen-bond donors (Lipinski definition) is 1. The molecule has 2 aliphatic rings. The van der Waals surface area contributed by atoms with Crippen molar-refractivity contribution in [2.24, 2.45) is 0 Å². The van der Waals surface area contributed by atoms with Gasteiger partial charge in [-0.15, -0.1) is 0 Å². The molecule has 100 valence electrons. The molecular weight excluding hydrogens is 210 g/mol. The number of nitrogens with zero attached hydrogens (tertiary/aromatic N) is 2. The van der Waals surface area contributed by atoms with Gasteiger partial charge in [-0.25, -0.2) is 0 Å². The zero-order chi connectivity index (χ0) is 12.5. The SMILES string of the molecule is CN(C)CC1CNCC(C)(C)N1C1CCCC1. The van der Waals surface area contributed by atoms with Gasteiger partial charge >= 0.3 is 0 Å². The van der Waals surface area contributed by atoms with Crippen LogP contribution in [0.25, 0.3) is 0 Å². The maximum absolute atomic E-state index is 3.62. The summed E-state index contributed by atoms with van der Waals surface area (Å²) in [6.45, 7) is 8.26. The lowest BCUT2D eigenvalue weighted by Gasteiger charge is -2.52. The van der Waals surface area contributed by atoms with Gasteiger partial charge in [-0.1, -0.05) is 12.8 Å². The fourth-order valence-corrected chi connectivity index (χ4v) is 3.78. The Balaban J connectivity index is 2.11. The van der Waals surface area contributed by atoms with Crippen molar-refractivity contribution in [1.82, 2.24) is 15.1 Å². The fraction of sp³-hybridized carbons (Fsp3) is 1.00. The van der Waals surface area contributed by atoms with Crippen LogP contribution in [0.15, 0.2) is 0 Å². The van der Waals surface area contributed by atoms with E-state index in [0.717, 1.165) is 19.1 Å². The average Bonchev–Trinajstić information content (AvgIpc) is 2.68. The molecule has 0 bridgehead atoms. The second-order valence-electron chi connectivity index (χ2n) is 6.70. The molecule has 1 saturated heterocycles. The molecule has 0 spiro atoms. The number of hydrogen-bond acceptors (Lipinski definition) is 3. The van der Waals surface area contributed by atoms with E-state index in [2.05, 4.69) is 43.1 Å². The summed E-state index contributed by atoms with van der Waals surface area (Å²) in [5.74, 6) is 0. The van der Waals surface area contributed by atoms with Gasteiger partial charge in [0.2, 0.25) is 0 Å². The molecule has 3 heteroatoms. The normalized spacial score (nSPS) is 31.2. The quantitative estimate of drug-likeness (QED) is 0.806. The van der Waals surface area contributed by atoms with Crippen LogP contribution in [0.2, 0.25) is 0 Å². The first-order chi connectivity index (χ1) is 8.00. The van der Waals surface area contributed by atoms with E-state index in [9.17, 15) is 0 Å². The summed E-state index contributed by atoms with van der Waals surface area (Å²) in [5.41, 5.74) is 0.313. The third kappa shape index (κ3) is 3.01. The fourth-order valence-electron chi connectivity index (χ4n) is 3.78. The summed E-state index contributed by atoms with van der Waals surface area (Å²) in [4.78, 5) is 5.16. The largest absolute Gasteiger partial charge is 0.313 e. The number of piperazine rings is 1. The number of nitrogens with one attached hydrogen (secondary N) is 1. The van der Waals surface area contributed by atoms with Crippen molar-refractivity contribution < 1.29 is 0 Å². The van der Waals surface area contributed by atoms with Crippen molar-refractivity contribution in [3.05, 3.63) is 0 Å². The molecule has 1 aliphatic heterocycles. The first-order valence-corrected chi connectivity index (χ1v) is 7.14. The molecule has 0 aromatic rings. The van der Waals surface area contributed by atoms with Crippen molar-refractivity contribution in [3.8, 4) is 0 Å². The van der Waals surface area contributed by atoms with Crippen molar-refractivity contribution in [2.75, 3.05) is 33.7 Å². The predicted molar refractivity (Wildman–Crippen MR) is 73.4 cm³/mol. The highest BCUT2D eigenvalue weighted by Crippen LogP contribution is 2.32. The van der Waals surface area contributed by atoms with E-state index in [4.69, 9.17) is 0 Å². The van der Waals surface area contributed by atoms with E-state index in [1.54, 1.807) is 0 Å². The van der Waals surface area contributed by atoms with Crippen LogP contribution in [0.5, 0.6) is 0 Å². The van der Waals surface area contributed by atoms with Gasteiger partial charge < -0.3 is 10.2 Å². The molecule has 1 atom stereocenters. The van der Waals surface area contributed by atoms with E-state index < -0.39 is 0 Å². The van der Waals surface area contributed by atoms with Crippen LogP contribution in [0, 0.1) is 0 Å². The summed E-state index contributed by atoms with van der Waals surface area (Å²) >= 11 is 0. The maximum atomic E-state index is 3.62. The molecule has 2 rings (SSSR count). The van der Waals surface area contributed by atoms with Crippen LogP contribution in [-0.4, -0.2) is 61.2 Å². The lowest BCUT2D eigenvalue weighted by molar-refractivity contribution is -0.0102. The van der Waals surface area contributed by atoms with E-state index in [1.807, 2.05) is 0 Å². The van der Waals surface area contributed by atoms with Crippen molar-refractivity contribution >= 4 is 0 Å². The molecule has 0 aromatic heterocycles. The number of rotatable bonds is 3. The average molecular weight is 239 g/mol. The summed E-state index contributed by atoms with van der Waals surface area (Å²) in [5, 5.41) is 3.62. The topological polar surface area (TPSA) is 18.5 Å². The molecule has 0 radical (unpaired) electrons. The highest BCUT2D eigenvalue weighted by Gasteiger charge is 2.41. The van der Waals surface area contributed by atoms with Gasteiger partial charge in [-0.2, -0.15) is 0 Å². The Bertz CT molecular complexity index is 244. The minimum Gasteiger partial charge on any atom is -0.313 e. The standard InChI is InChI=1S/C14H29N3/c1-14(2)11-15-9-13(10-16(3)4)17(14)12-7-5-6-8-12/h12-13,15H,5-11H2,1-4H3. The maximum Gasteiger partial charge on any atom is 0.0356 e. The first kappa shape index (κ1) is 13.3. The molecule has 0 amide bonds. The molecule has 3 nitrogen and oxygen atoms in total. The van der Waals surface area contributed by atoms with E-state index in [0.29, 0.717) is 11.6 Å². The lowest BCUT2D eigenvalue weighted by atomic mass is 9.92.